The Labute approximate surface area is 141 Å². The molecule has 1 aromatic rings. The van der Waals surface area contributed by atoms with E-state index in [0.717, 1.165) is 5.56 Å². The summed E-state index contributed by atoms with van der Waals surface area (Å²) in [4.78, 5) is 25.5. The molecule has 0 radical (unpaired) electrons. The van der Waals surface area contributed by atoms with Crippen molar-refractivity contribution in [2.24, 2.45) is 11.3 Å². The van der Waals surface area contributed by atoms with Crippen LogP contribution in [0.1, 0.15) is 25.8 Å². The highest BCUT2D eigenvalue weighted by Gasteiger charge is 2.48. The summed E-state index contributed by atoms with van der Waals surface area (Å²) in [6, 6.07) is 5.21. The summed E-state index contributed by atoms with van der Waals surface area (Å²) < 4.78 is 5.51. The topological polar surface area (TPSA) is 66.8 Å². The maximum Gasteiger partial charge on any atom is 0.311 e. The van der Waals surface area contributed by atoms with Crippen molar-refractivity contribution in [3.8, 4) is 5.75 Å². The Morgan fingerprint density at radius 1 is 1.43 bits per heavy atom. The molecule has 0 spiro atoms. The van der Waals surface area contributed by atoms with Crippen molar-refractivity contribution in [1.29, 1.82) is 0 Å². The molecule has 1 aliphatic heterocycles. The summed E-state index contributed by atoms with van der Waals surface area (Å²) in [6.45, 7) is 6.22. The Bertz CT molecular complexity index is 617. The quantitative estimate of drug-likeness (QED) is 0.895. The molecule has 6 heteroatoms. The Kier molecular flexibility index (Phi) is 5.19. The van der Waals surface area contributed by atoms with Gasteiger partial charge in [-0.1, -0.05) is 25.4 Å². The second-order valence-corrected chi connectivity index (χ2v) is 6.79. The van der Waals surface area contributed by atoms with Crippen LogP contribution >= 0.6 is 11.6 Å². The number of likely N-dealkylation sites (tertiary alicyclic amines) is 1. The molecule has 126 valence electrons. The molecule has 0 bridgehead atoms. The Hall–Kier alpha value is -1.75. The van der Waals surface area contributed by atoms with Gasteiger partial charge < -0.3 is 14.7 Å². The molecule has 1 unspecified atom stereocenters. The summed E-state index contributed by atoms with van der Waals surface area (Å²) in [7, 11) is 0. The molecule has 23 heavy (non-hydrogen) atoms. The van der Waals surface area contributed by atoms with Crippen LogP contribution in [0.5, 0.6) is 5.75 Å². The Morgan fingerprint density at radius 2 is 2.13 bits per heavy atom. The number of ether oxygens (including phenoxy) is 1. The van der Waals surface area contributed by atoms with Gasteiger partial charge in [-0.05, 0) is 43.0 Å². The number of aryl methyl sites for hydroxylation is 1. The first-order valence-electron chi connectivity index (χ1n) is 7.66. The lowest BCUT2D eigenvalue weighted by Gasteiger charge is -2.28. The van der Waals surface area contributed by atoms with E-state index in [1.54, 1.807) is 23.1 Å². The minimum Gasteiger partial charge on any atom is -0.484 e. The van der Waals surface area contributed by atoms with Gasteiger partial charge in [0.15, 0.2) is 6.61 Å². The van der Waals surface area contributed by atoms with Crippen molar-refractivity contribution >= 4 is 23.5 Å². The van der Waals surface area contributed by atoms with Gasteiger partial charge in [0.1, 0.15) is 5.75 Å². The number of carbonyl (C=O) groups is 2. The first-order valence-corrected chi connectivity index (χ1v) is 8.04. The molecule has 0 aliphatic carbocycles. The molecule has 1 amide bonds. The number of carboxylic acid groups (broad SMARTS) is 1. The number of nitrogens with zero attached hydrogens (tertiary/aromatic N) is 1. The maximum atomic E-state index is 12.3. The van der Waals surface area contributed by atoms with Gasteiger partial charge in [-0.25, -0.2) is 0 Å². The maximum absolute atomic E-state index is 12.3. The molecule has 1 saturated heterocycles. The van der Waals surface area contributed by atoms with Crippen LogP contribution in [0.3, 0.4) is 0 Å². The molecule has 2 rings (SSSR count). The lowest BCUT2D eigenvalue weighted by atomic mass is 9.76. The van der Waals surface area contributed by atoms with Gasteiger partial charge >= 0.3 is 5.97 Å². The number of benzene rings is 1. The third kappa shape index (κ3) is 3.61. The van der Waals surface area contributed by atoms with E-state index >= 15 is 0 Å². The first kappa shape index (κ1) is 17.6. The molecule has 0 saturated carbocycles. The van der Waals surface area contributed by atoms with Gasteiger partial charge in [0.2, 0.25) is 0 Å². The summed E-state index contributed by atoms with van der Waals surface area (Å²) in [5.74, 6) is -0.483. The summed E-state index contributed by atoms with van der Waals surface area (Å²) in [5.41, 5.74) is 0.0227. The normalized spacial score (nSPS) is 20.8. The fraction of sp³-hybridized carbons (Fsp3) is 0.529. The number of halogens is 1. The minimum atomic E-state index is -0.855. The van der Waals surface area contributed by atoms with E-state index in [-0.39, 0.29) is 25.0 Å². The number of hydrogen-bond donors (Lipinski definition) is 1. The van der Waals surface area contributed by atoms with Crippen LogP contribution < -0.4 is 4.74 Å². The van der Waals surface area contributed by atoms with Crippen LogP contribution in [-0.2, 0) is 9.59 Å². The van der Waals surface area contributed by atoms with Crippen LogP contribution in [0.4, 0.5) is 0 Å². The van der Waals surface area contributed by atoms with E-state index in [0.29, 0.717) is 23.7 Å². The van der Waals surface area contributed by atoms with Crippen molar-refractivity contribution in [2.75, 3.05) is 19.7 Å². The smallest absolute Gasteiger partial charge is 0.311 e. The zero-order valence-corrected chi connectivity index (χ0v) is 14.4. The zero-order chi connectivity index (χ0) is 17.2. The van der Waals surface area contributed by atoms with E-state index in [9.17, 15) is 14.7 Å². The largest absolute Gasteiger partial charge is 0.484 e. The van der Waals surface area contributed by atoms with Crippen LogP contribution in [0, 0.1) is 18.3 Å². The fourth-order valence-electron chi connectivity index (χ4n) is 2.88. The van der Waals surface area contributed by atoms with Crippen molar-refractivity contribution < 1.29 is 19.4 Å². The minimum absolute atomic E-state index is 0.0300. The molecular weight excluding hydrogens is 318 g/mol. The highest BCUT2D eigenvalue weighted by molar-refractivity contribution is 6.31. The van der Waals surface area contributed by atoms with Crippen LogP contribution in [0.15, 0.2) is 18.2 Å². The van der Waals surface area contributed by atoms with Gasteiger partial charge in [0.25, 0.3) is 5.91 Å². The molecule has 1 N–H and O–H groups in total. The Morgan fingerprint density at radius 3 is 2.65 bits per heavy atom. The van der Waals surface area contributed by atoms with E-state index in [1.165, 1.54) is 0 Å². The summed E-state index contributed by atoms with van der Waals surface area (Å²) >= 11 is 5.95. The summed E-state index contributed by atoms with van der Waals surface area (Å²) in [5, 5.41) is 10.2. The van der Waals surface area contributed by atoms with Crippen molar-refractivity contribution in [2.45, 2.75) is 27.2 Å². The molecular formula is C17H22ClNO4. The number of rotatable bonds is 5. The van der Waals surface area contributed by atoms with E-state index in [4.69, 9.17) is 16.3 Å². The molecule has 1 fully saturated rings. The third-order valence-corrected chi connectivity index (χ3v) is 5.10. The predicted molar refractivity (Wildman–Crippen MR) is 87.8 cm³/mol. The molecule has 1 aromatic carbocycles. The lowest BCUT2D eigenvalue weighted by Crippen LogP contribution is -2.41. The number of carboxylic acids is 1. The van der Waals surface area contributed by atoms with E-state index in [2.05, 4.69) is 0 Å². The van der Waals surface area contributed by atoms with Crippen molar-refractivity contribution in [3.05, 3.63) is 28.8 Å². The molecule has 1 atom stereocenters. The number of hydrogen-bond acceptors (Lipinski definition) is 3. The number of amides is 1. The van der Waals surface area contributed by atoms with Gasteiger partial charge in [-0.3, -0.25) is 9.59 Å². The average Bonchev–Trinajstić information content (AvgIpc) is 2.95. The average molecular weight is 340 g/mol. The van der Waals surface area contributed by atoms with E-state index < -0.39 is 11.4 Å². The molecule has 5 nitrogen and oxygen atoms in total. The third-order valence-electron chi connectivity index (χ3n) is 4.68. The van der Waals surface area contributed by atoms with Gasteiger partial charge in [0, 0.05) is 18.1 Å². The Balaban J connectivity index is 1.97. The van der Waals surface area contributed by atoms with Crippen LogP contribution in [0.25, 0.3) is 0 Å². The van der Waals surface area contributed by atoms with Gasteiger partial charge in [-0.2, -0.15) is 0 Å². The number of carbonyl (C=O) groups excluding carboxylic acids is 1. The highest BCUT2D eigenvalue weighted by Crippen LogP contribution is 2.38. The monoisotopic (exact) mass is 339 g/mol. The second-order valence-electron chi connectivity index (χ2n) is 6.38. The van der Waals surface area contributed by atoms with Crippen LogP contribution in [0.2, 0.25) is 5.02 Å². The van der Waals surface area contributed by atoms with Crippen molar-refractivity contribution in [3.63, 3.8) is 0 Å². The second kappa shape index (κ2) is 6.79. The van der Waals surface area contributed by atoms with Crippen LogP contribution in [-0.4, -0.2) is 41.6 Å². The first-order chi connectivity index (χ1) is 10.8. The summed E-state index contributed by atoms with van der Waals surface area (Å²) in [6.07, 6.45) is 0.478. The molecule has 0 aromatic heterocycles. The lowest BCUT2D eigenvalue weighted by molar-refractivity contribution is -0.151. The zero-order valence-electron chi connectivity index (χ0n) is 13.6. The van der Waals surface area contributed by atoms with Crippen molar-refractivity contribution in [1.82, 2.24) is 4.90 Å². The van der Waals surface area contributed by atoms with Gasteiger partial charge in [0.05, 0.1) is 5.41 Å². The highest BCUT2D eigenvalue weighted by atomic mass is 35.5. The van der Waals surface area contributed by atoms with E-state index in [1.807, 2.05) is 20.8 Å². The standard InChI is InChI=1S/C17H22ClNO4/c1-11(2)17(16(21)22)6-7-19(10-17)15(20)9-23-13-4-5-14(18)12(3)8-13/h4-5,8,11H,6-7,9-10H2,1-3H3,(H,21,22). The van der Waals surface area contributed by atoms with Gasteiger partial charge in [-0.15, -0.1) is 0 Å². The fourth-order valence-corrected chi connectivity index (χ4v) is 3.00. The molecule has 1 aliphatic rings. The number of aliphatic carboxylic acids is 1. The SMILES string of the molecule is Cc1cc(OCC(=O)N2CCC(C(=O)O)(C(C)C)C2)ccc1Cl. The molecule has 1 heterocycles. The predicted octanol–water partition coefficient (Wildman–Crippen LogP) is 2.99.